The van der Waals surface area contributed by atoms with Crippen LogP contribution in [-0.2, 0) is 6.42 Å². The first kappa shape index (κ1) is 20.2. The third-order valence-electron chi connectivity index (χ3n) is 4.92. The molecule has 0 bridgehead atoms. The molecule has 0 N–H and O–H groups in total. The van der Waals surface area contributed by atoms with E-state index in [1.54, 1.807) is 6.07 Å². The third kappa shape index (κ3) is 5.50. The quantitative estimate of drug-likeness (QED) is 0.430. The van der Waals surface area contributed by atoms with E-state index in [1.165, 1.54) is 17.7 Å². The Morgan fingerprint density at radius 3 is 2.61 bits per heavy atom. The van der Waals surface area contributed by atoms with Crippen LogP contribution >= 0.6 is 0 Å². The minimum atomic E-state index is -4.68. The van der Waals surface area contributed by atoms with Crippen molar-refractivity contribution in [3.63, 3.8) is 0 Å². The maximum Gasteiger partial charge on any atom is 0.573 e. The number of hydrogen-bond acceptors (Lipinski definition) is 2. The number of benzene rings is 2. The molecule has 2 aromatic rings. The lowest BCUT2D eigenvalue weighted by atomic mass is 9.95. The fourth-order valence-electron chi connectivity index (χ4n) is 3.10. The monoisotopic (exact) mass is 390 g/mol. The van der Waals surface area contributed by atoms with Crippen LogP contribution in [0.3, 0.4) is 0 Å². The molecule has 0 unspecified atom stereocenters. The normalized spacial score (nSPS) is 14.5. The van der Waals surface area contributed by atoms with E-state index >= 15 is 0 Å². The van der Waals surface area contributed by atoms with Crippen molar-refractivity contribution in [1.29, 1.82) is 0 Å². The second-order valence-corrected chi connectivity index (χ2v) is 7.30. The Morgan fingerprint density at radius 1 is 1.21 bits per heavy atom. The van der Waals surface area contributed by atoms with Gasteiger partial charge in [-0.3, -0.25) is 0 Å². The number of aliphatic imine (C=N–C) groups is 1. The summed E-state index contributed by atoms with van der Waals surface area (Å²) in [5.41, 5.74) is 5.18. The standard InChI is InChI=1S/C22H25F3N2O/c1-4-27(3)14-26-21-10-15(2)18(13-20(21)17-8-9-17)11-16-6-5-7-19(12-16)28-22(23,24)25/h5-7,10,12-14,17H,4,8-9,11H2,1-3H3. The lowest BCUT2D eigenvalue weighted by Crippen LogP contribution is -2.17. The van der Waals surface area contributed by atoms with E-state index < -0.39 is 6.36 Å². The van der Waals surface area contributed by atoms with Crippen molar-refractivity contribution in [1.82, 2.24) is 4.90 Å². The lowest BCUT2D eigenvalue weighted by molar-refractivity contribution is -0.274. The molecule has 1 fully saturated rings. The van der Waals surface area contributed by atoms with E-state index in [9.17, 15) is 13.2 Å². The molecule has 6 heteroatoms. The van der Waals surface area contributed by atoms with E-state index in [0.29, 0.717) is 12.3 Å². The van der Waals surface area contributed by atoms with Crippen molar-refractivity contribution in [2.24, 2.45) is 4.99 Å². The fraction of sp³-hybridized carbons (Fsp3) is 0.409. The van der Waals surface area contributed by atoms with Gasteiger partial charge in [0.1, 0.15) is 5.75 Å². The van der Waals surface area contributed by atoms with Crippen LogP contribution in [0.15, 0.2) is 41.4 Å². The first-order valence-corrected chi connectivity index (χ1v) is 9.47. The summed E-state index contributed by atoms with van der Waals surface area (Å²) >= 11 is 0. The largest absolute Gasteiger partial charge is 0.573 e. The second-order valence-electron chi connectivity index (χ2n) is 7.30. The van der Waals surface area contributed by atoms with Crippen LogP contribution < -0.4 is 4.74 Å². The van der Waals surface area contributed by atoms with Crippen LogP contribution in [-0.4, -0.2) is 31.2 Å². The summed E-state index contributed by atoms with van der Waals surface area (Å²) in [6, 6.07) is 10.4. The van der Waals surface area contributed by atoms with Crippen molar-refractivity contribution >= 4 is 12.0 Å². The van der Waals surface area contributed by atoms with Crippen LogP contribution in [0, 0.1) is 6.92 Å². The Morgan fingerprint density at radius 2 is 1.96 bits per heavy atom. The zero-order valence-electron chi connectivity index (χ0n) is 16.4. The lowest BCUT2D eigenvalue weighted by Gasteiger charge is -2.14. The molecular formula is C22H25F3N2O. The molecule has 0 saturated heterocycles. The van der Waals surface area contributed by atoms with Gasteiger partial charge in [-0.25, -0.2) is 4.99 Å². The van der Waals surface area contributed by atoms with E-state index in [1.807, 2.05) is 31.3 Å². The van der Waals surface area contributed by atoms with Gasteiger partial charge in [0.15, 0.2) is 0 Å². The molecule has 150 valence electrons. The van der Waals surface area contributed by atoms with Crippen molar-refractivity contribution < 1.29 is 17.9 Å². The topological polar surface area (TPSA) is 24.8 Å². The summed E-state index contributed by atoms with van der Waals surface area (Å²) in [6.45, 7) is 4.97. The molecule has 3 rings (SSSR count). The summed E-state index contributed by atoms with van der Waals surface area (Å²) in [5, 5.41) is 0. The van der Waals surface area contributed by atoms with Gasteiger partial charge in [0, 0.05) is 13.6 Å². The highest BCUT2D eigenvalue weighted by Gasteiger charge is 2.31. The van der Waals surface area contributed by atoms with Gasteiger partial charge in [-0.1, -0.05) is 18.2 Å². The maximum absolute atomic E-state index is 12.5. The van der Waals surface area contributed by atoms with Gasteiger partial charge in [0.25, 0.3) is 0 Å². The van der Waals surface area contributed by atoms with Gasteiger partial charge in [0.2, 0.25) is 0 Å². The molecule has 0 radical (unpaired) electrons. The third-order valence-corrected chi connectivity index (χ3v) is 4.92. The number of halogens is 3. The van der Waals surface area contributed by atoms with Gasteiger partial charge in [-0.15, -0.1) is 13.2 Å². The molecule has 1 saturated carbocycles. The highest BCUT2D eigenvalue weighted by atomic mass is 19.4. The summed E-state index contributed by atoms with van der Waals surface area (Å²) in [7, 11) is 1.98. The van der Waals surface area contributed by atoms with Gasteiger partial charge in [-0.05, 0) is 79.5 Å². The average Bonchev–Trinajstić information content (AvgIpc) is 3.45. The van der Waals surface area contributed by atoms with Crippen LogP contribution in [0.5, 0.6) is 5.75 Å². The molecule has 2 aromatic carbocycles. The van der Waals surface area contributed by atoms with Gasteiger partial charge < -0.3 is 9.64 Å². The van der Waals surface area contributed by atoms with Crippen molar-refractivity contribution in [3.8, 4) is 5.75 Å². The molecule has 3 nitrogen and oxygen atoms in total. The van der Waals surface area contributed by atoms with Crippen LogP contribution in [0.1, 0.15) is 47.9 Å². The first-order chi connectivity index (χ1) is 13.2. The summed E-state index contributed by atoms with van der Waals surface area (Å²) < 4.78 is 41.5. The fourth-order valence-corrected chi connectivity index (χ4v) is 3.10. The van der Waals surface area contributed by atoms with Gasteiger partial charge in [-0.2, -0.15) is 0 Å². The van der Waals surface area contributed by atoms with E-state index in [0.717, 1.165) is 41.8 Å². The zero-order valence-corrected chi connectivity index (χ0v) is 16.4. The predicted octanol–water partition coefficient (Wildman–Crippen LogP) is 5.97. The molecule has 1 aliphatic rings. The number of aryl methyl sites for hydroxylation is 1. The van der Waals surface area contributed by atoms with E-state index in [2.05, 4.69) is 28.8 Å². The Kier molecular flexibility index (Phi) is 5.96. The summed E-state index contributed by atoms with van der Waals surface area (Å²) in [5.74, 6) is 0.340. The molecule has 0 aliphatic heterocycles. The number of rotatable bonds is 7. The summed E-state index contributed by atoms with van der Waals surface area (Å²) in [6.07, 6.45) is 0.0316. The van der Waals surface area contributed by atoms with Crippen molar-refractivity contribution in [2.45, 2.75) is 45.4 Å². The van der Waals surface area contributed by atoms with E-state index in [4.69, 9.17) is 0 Å². The second kappa shape index (κ2) is 8.25. The Hall–Kier alpha value is -2.50. The smallest absolute Gasteiger partial charge is 0.406 e. The maximum atomic E-state index is 12.5. The minimum Gasteiger partial charge on any atom is -0.406 e. The average molecular weight is 390 g/mol. The highest BCUT2D eigenvalue weighted by molar-refractivity contribution is 5.65. The van der Waals surface area contributed by atoms with E-state index in [-0.39, 0.29) is 5.75 Å². The SMILES string of the molecule is CCN(C)C=Nc1cc(C)c(Cc2cccc(OC(F)(F)F)c2)cc1C1CC1. The zero-order chi connectivity index (χ0) is 20.3. The number of alkyl halides is 3. The van der Waals surface area contributed by atoms with Crippen LogP contribution in [0.4, 0.5) is 18.9 Å². The summed E-state index contributed by atoms with van der Waals surface area (Å²) in [4.78, 5) is 6.68. The van der Waals surface area contributed by atoms with Gasteiger partial charge >= 0.3 is 6.36 Å². The predicted molar refractivity (Wildman–Crippen MR) is 106 cm³/mol. The minimum absolute atomic E-state index is 0.186. The molecule has 1 aliphatic carbocycles. The number of hydrogen-bond donors (Lipinski definition) is 0. The highest BCUT2D eigenvalue weighted by Crippen LogP contribution is 2.45. The van der Waals surface area contributed by atoms with Gasteiger partial charge in [0.05, 0.1) is 12.0 Å². The Balaban J connectivity index is 1.86. The molecule has 0 spiro atoms. The molecule has 0 heterocycles. The number of ether oxygens (including phenoxy) is 1. The molecule has 28 heavy (non-hydrogen) atoms. The first-order valence-electron chi connectivity index (χ1n) is 9.47. The molecular weight excluding hydrogens is 365 g/mol. The van der Waals surface area contributed by atoms with Crippen LogP contribution in [0.2, 0.25) is 0 Å². The Bertz CT molecular complexity index is 857. The Labute approximate surface area is 163 Å². The van der Waals surface area contributed by atoms with Crippen LogP contribution in [0.25, 0.3) is 0 Å². The molecule has 0 aromatic heterocycles. The number of nitrogens with zero attached hydrogens (tertiary/aromatic N) is 2. The molecule has 0 amide bonds. The molecule has 0 atom stereocenters. The van der Waals surface area contributed by atoms with Crippen molar-refractivity contribution in [3.05, 3.63) is 58.7 Å². The van der Waals surface area contributed by atoms with Crippen molar-refractivity contribution in [2.75, 3.05) is 13.6 Å².